The molecule has 2 aromatic rings. The second-order valence-corrected chi connectivity index (χ2v) is 8.08. The molecule has 0 spiro atoms. The molecule has 0 aromatic heterocycles. The minimum Gasteiger partial charge on any atom is -0.480 e. The predicted octanol–water partition coefficient (Wildman–Crippen LogP) is 2.21. The Hall–Kier alpha value is -3.53. The summed E-state index contributed by atoms with van der Waals surface area (Å²) in [6.07, 6.45) is -2.67. The third-order valence-electron chi connectivity index (χ3n) is 5.94. The smallest absolute Gasteiger partial charge is 0.407 e. The van der Waals surface area contributed by atoms with Gasteiger partial charge in [0.25, 0.3) is 5.91 Å². The molecular formula is C23H22F2N2O6. The number of β-amino-alcohol motifs (C(OH)–C–C–N with tert-alkyl or cyclic N) is 1. The summed E-state index contributed by atoms with van der Waals surface area (Å²) in [6.45, 7) is -1.96. The van der Waals surface area contributed by atoms with E-state index in [1.165, 1.54) is 0 Å². The Morgan fingerprint density at radius 1 is 1.06 bits per heavy atom. The zero-order valence-corrected chi connectivity index (χ0v) is 17.4. The lowest BCUT2D eigenvalue weighted by Gasteiger charge is -2.26. The van der Waals surface area contributed by atoms with Gasteiger partial charge in [-0.3, -0.25) is 4.79 Å². The molecule has 0 radical (unpaired) electrons. The van der Waals surface area contributed by atoms with Crippen LogP contribution in [0.15, 0.2) is 48.5 Å². The molecule has 1 aliphatic heterocycles. The van der Waals surface area contributed by atoms with Crippen LogP contribution < -0.4 is 5.32 Å². The number of nitrogens with one attached hydrogen (secondary N) is 1. The number of alkyl halides is 2. The zero-order valence-electron chi connectivity index (χ0n) is 17.4. The maximum atomic E-state index is 14.4. The number of likely N-dealkylation sites (tertiary alicyclic amines) is 1. The molecule has 1 fully saturated rings. The monoisotopic (exact) mass is 460 g/mol. The fourth-order valence-electron chi connectivity index (χ4n) is 4.39. The van der Waals surface area contributed by atoms with Crippen LogP contribution >= 0.6 is 0 Å². The van der Waals surface area contributed by atoms with Crippen molar-refractivity contribution in [3.8, 4) is 11.1 Å². The highest BCUT2D eigenvalue weighted by molar-refractivity contribution is 5.89. The van der Waals surface area contributed by atoms with Crippen molar-refractivity contribution < 1.29 is 38.1 Å². The molecule has 2 amide bonds. The number of fused-ring (bicyclic) bond motifs is 3. The van der Waals surface area contributed by atoms with Crippen LogP contribution in [0.4, 0.5) is 13.6 Å². The molecule has 4 rings (SSSR count). The molecular weight excluding hydrogens is 438 g/mol. The molecule has 3 N–H and O–H groups in total. The summed E-state index contributed by atoms with van der Waals surface area (Å²) >= 11 is 0. The highest BCUT2D eigenvalue weighted by Gasteiger charge is 2.49. The van der Waals surface area contributed by atoms with Gasteiger partial charge in [0.15, 0.2) is 0 Å². The third-order valence-corrected chi connectivity index (χ3v) is 5.94. The zero-order chi connectivity index (χ0) is 23.8. The highest BCUT2D eigenvalue weighted by Crippen LogP contribution is 2.44. The fraction of sp³-hybridized carbons (Fsp3) is 0.348. The Labute approximate surface area is 187 Å². The lowest BCUT2D eigenvalue weighted by molar-refractivity contribution is -0.162. The predicted molar refractivity (Wildman–Crippen MR) is 112 cm³/mol. The molecule has 0 saturated carbocycles. The van der Waals surface area contributed by atoms with E-state index in [0.29, 0.717) is 4.90 Å². The van der Waals surface area contributed by atoms with E-state index in [-0.39, 0.29) is 18.9 Å². The fourth-order valence-corrected chi connectivity index (χ4v) is 4.39. The first-order chi connectivity index (χ1) is 15.7. The van der Waals surface area contributed by atoms with Gasteiger partial charge in [-0.25, -0.2) is 9.59 Å². The van der Waals surface area contributed by atoms with E-state index in [0.717, 1.165) is 22.3 Å². The van der Waals surface area contributed by atoms with E-state index in [1.54, 1.807) is 0 Å². The average molecular weight is 460 g/mol. The molecule has 2 aliphatic rings. The second-order valence-electron chi connectivity index (χ2n) is 8.08. The Kier molecular flexibility index (Phi) is 6.03. The van der Waals surface area contributed by atoms with Gasteiger partial charge in [-0.1, -0.05) is 48.5 Å². The van der Waals surface area contributed by atoms with Crippen molar-refractivity contribution in [1.29, 1.82) is 0 Å². The quantitative estimate of drug-likeness (QED) is 0.609. The van der Waals surface area contributed by atoms with Crippen molar-refractivity contribution in [2.45, 2.75) is 30.4 Å². The van der Waals surface area contributed by atoms with Crippen LogP contribution in [0.3, 0.4) is 0 Å². The van der Waals surface area contributed by atoms with Crippen LogP contribution in [0.5, 0.6) is 0 Å². The van der Waals surface area contributed by atoms with Crippen molar-refractivity contribution >= 4 is 18.0 Å². The number of carboxylic acids is 1. The number of amides is 2. The van der Waals surface area contributed by atoms with E-state index in [4.69, 9.17) is 9.84 Å². The number of aliphatic carboxylic acids is 1. The summed E-state index contributed by atoms with van der Waals surface area (Å²) < 4.78 is 34.0. The van der Waals surface area contributed by atoms with Gasteiger partial charge >= 0.3 is 18.0 Å². The van der Waals surface area contributed by atoms with Crippen LogP contribution in [0.2, 0.25) is 0 Å². The largest absolute Gasteiger partial charge is 0.480 e. The molecule has 8 nitrogen and oxygen atoms in total. The number of carbonyl (C=O) groups is 3. The standard InChI is InChI=1S/C23H22F2N2O6/c24-23(25,21(31)27-10-13(28)9-19(27)20(29)30)12-26-22(32)33-11-18-16-7-3-1-5-14(16)15-6-2-4-8-17(15)18/h1-8,13,18-19,28H,9-12H2,(H,26,32)(H,29,30)/t13-,19-/m1/s1. The maximum Gasteiger partial charge on any atom is 0.407 e. The normalized spacial score (nSPS) is 19.7. The van der Waals surface area contributed by atoms with Crippen LogP contribution in [-0.2, 0) is 14.3 Å². The van der Waals surface area contributed by atoms with E-state index in [1.807, 2.05) is 53.8 Å². The third kappa shape index (κ3) is 4.38. The molecule has 33 heavy (non-hydrogen) atoms. The van der Waals surface area contributed by atoms with E-state index in [9.17, 15) is 28.3 Å². The first-order valence-corrected chi connectivity index (χ1v) is 10.4. The average Bonchev–Trinajstić information content (AvgIpc) is 3.34. The summed E-state index contributed by atoms with van der Waals surface area (Å²) in [4.78, 5) is 35.9. The molecule has 174 valence electrons. The summed E-state index contributed by atoms with van der Waals surface area (Å²) in [6, 6.07) is 13.7. The van der Waals surface area contributed by atoms with Gasteiger partial charge in [0.2, 0.25) is 0 Å². The number of hydrogen-bond acceptors (Lipinski definition) is 5. The Bertz CT molecular complexity index is 1050. The summed E-state index contributed by atoms with van der Waals surface area (Å²) in [5, 5.41) is 20.6. The number of carbonyl (C=O) groups excluding carboxylic acids is 2. The number of ether oxygens (including phenoxy) is 1. The van der Waals surface area contributed by atoms with Gasteiger partial charge < -0.3 is 25.2 Å². The minimum atomic E-state index is -4.07. The number of benzene rings is 2. The first-order valence-electron chi connectivity index (χ1n) is 10.4. The summed E-state index contributed by atoms with van der Waals surface area (Å²) in [5.41, 5.74) is 3.94. The molecule has 0 unspecified atom stereocenters. The second kappa shape index (κ2) is 8.78. The van der Waals surface area contributed by atoms with Crippen molar-refractivity contribution in [2.24, 2.45) is 0 Å². The van der Waals surface area contributed by atoms with Gasteiger partial charge in [-0.15, -0.1) is 0 Å². The van der Waals surface area contributed by atoms with Crippen molar-refractivity contribution in [3.63, 3.8) is 0 Å². The number of aliphatic hydroxyl groups excluding tert-OH is 1. The van der Waals surface area contributed by atoms with Crippen LogP contribution in [0, 0.1) is 0 Å². The van der Waals surface area contributed by atoms with Crippen LogP contribution in [-0.4, -0.2) is 70.8 Å². The van der Waals surface area contributed by atoms with E-state index in [2.05, 4.69) is 0 Å². The SMILES string of the molecule is O=C(NCC(F)(F)C(=O)N1C[C@H](O)C[C@@H]1C(=O)O)OCC1c2ccccc2-c2ccccc21. The number of halogens is 2. The molecule has 1 saturated heterocycles. The number of rotatable bonds is 6. The van der Waals surface area contributed by atoms with E-state index < -0.39 is 49.1 Å². The van der Waals surface area contributed by atoms with Gasteiger partial charge in [-0.05, 0) is 22.3 Å². The highest BCUT2D eigenvalue weighted by atomic mass is 19.3. The van der Waals surface area contributed by atoms with Crippen molar-refractivity contribution in [2.75, 3.05) is 19.7 Å². The molecule has 10 heteroatoms. The summed E-state index contributed by atoms with van der Waals surface area (Å²) in [5.74, 6) is -7.58. The van der Waals surface area contributed by atoms with Gasteiger partial charge in [0.05, 0.1) is 12.6 Å². The first kappa shape index (κ1) is 22.7. The molecule has 1 heterocycles. The molecule has 1 aliphatic carbocycles. The lowest BCUT2D eigenvalue weighted by atomic mass is 9.98. The Morgan fingerprint density at radius 2 is 1.64 bits per heavy atom. The van der Waals surface area contributed by atoms with Crippen molar-refractivity contribution in [1.82, 2.24) is 10.2 Å². The maximum absolute atomic E-state index is 14.4. The summed E-state index contributed by atoms with van der Waals surface area (Å²) in [7, 11) is 0. The number of alkyl carbamates (subject to hydrolysis) is 1. The number of aliphatic hydroxyl groups is 1. The van der Waals surface area contributed by atoms with E-state index >= 15 is 0 Å². The molecule has 0 bridgehead atoms. The van der Waals surface area contributed by atoms with Crippen LogP contribution in [0.25, 0.3) is 11.1 Å². The minimum absolute atomic E-state index is 0.0845. The Morgan fingerprint density at radius 3 is 2.21 bits per heavy atom. The molecule has 2 atom stereocenters. The Balaban J connectivity index is 1.36. The van der Waals surface area contributed by atoms with Gasteiger partial charge in [-0.2, -0.15) is 8.78 Å². The van der Waals surface area contributed by atoms with Gasteiger partial charge in [0, 0.05) is 18.9 Å². The molecule has 2 aromatic carbocycles. The lowest BCUT2D eigenvalue weighted by Crippen LogP contribution is -2.53. The number of nitrogens with zero attached hydrogens (tertiary/aromatic N) is 1. The van der Waals surface area contributed by atoms with Crippen LogP contribution in [0.1, 0.15) is 23.5 Å². The van der Waals surface area contributed by atoms with Gasteiger partial charge in [0.1, 0.15) is 12.6 Å². The van der Waals surface area contributed by atoms with Crippen molar-refractivity contribution in [3.05, 3.63) is 59.7 Å². The number of carboxylic acid groups (broad SMARTS) is 1. The topological polar surface area (TPSA) is 116 Å². The number of hydrogen-bond donors (Lipinski definition) is 3.